The number of carbonyl (C=O) groups is 1. The number of allylic oxidation sites excluding steroid dienone is 1. The van der Waals surface area contributed by atoms with Crippen molar-refractivity contribution >= 4 is 5.97 Å². The van der Waals surface area contributed by atoms with Gasteiger partial charge in [0.1, 0.15) is 12.3 Å². The summed E-state index contributed by atoms with van der Waals surface area (Å²) in [5.41, 5.74) is -0.678. The molecular formula is C18H35NO4. The third-order valence-corrected chi connectivity index (χ3v) is 3.81. The van der Waals surface area contributed by atoms with E-state index < -0.39 is 23.7 Å². The van der Waals surface area contributed by atoms with E-state index in [9.17, 15) is 9.90 Å². The van der Waals surface area contributed by atoms with Crippen LogP contribution in [0.15, 0.2) is 12.7 Å². The molecule has 2 N–H and O–H groups in total. The fourth-order valence-corrected chi connectivity index (χ4v) is 2.27. The van der Waals surface area contributed by atoms with Crippen molar-refractivity contribution in [1.82, 2.24) is 5.32 Å². The standard InChI is InChI=1S/C18H35NO4/c1-8-9-10-11-12-18(5,6)23-13-14(22-7)19-15(16(20)21)17(2,3)4/h8,14-15,19H,1,9-13H2,2-7H3,(H,20,21). The van der Waals surface area contributed by atoms with E-state index in [1.165, 1.54) is 0 Å². The minimum Gasteiger partial charge on any atom is -0.480 e. The van der Waals surface area contributed by atoms with Crippen LogP contribution in [-0.4, -0.2) is 42.7 Å². The summed E-state index contributed by atoms with van der Waals surface area (Å²) in [4.78, 5) is 11.4. The molecular weight excluding hydrogens is 294 g/mol. The van der Waals surface area contributed by atoms with E-state index in [0.29, 0.717) is 6.61 Å². The lowest BCUT2D eigenvalue weighted by Gasteiger charge is -2.33. The molecule has 136 valence electrons. The minimum absolute atomic E-state index is 0.264. The molecule has 0 spiro atoms. The van der Waals surface area contributed by atoms with Crippen molar-refractivity contribution in [3.8, 4) is 0 Å². The number of unbranched alkanes of at least 4 members (excludes halogenated alkanes) is 2. The highest BCUT2D eigenvalue weighted by molar-refractivity contribution is 5.74. The van der Waals surface area contributed by atoms with Crippen molar-refractivity contribution in [2.45, 2.75) is 78.2 Å². The predicted octanol–water partition coefficient (Wildman–Crippen LogP) is 3.59. The molecule has 0 aromatic heterocycles. The van der Waals surface area contributed by atoms with Gasteiger partial charge in [-0.15, -0.1) is 6.58 Å². The number of rotatable bonds is 12. The molecule has 0 radical (unpaired) electrons. The predicted molar refractivity (Wildman–Crippen MR) is 93.5 cm³/mol. The Bertz CT molecular complexity index is 361. The first kappa shape index (κ1) is 22.1. The van der Waals surface area contributed by atoms with Crippen molar-refractivity contribution in [1.29, 1.82) is 0 Å². The molecule has 0 heterocycles. The van der Waals surface area contributed by atoms with Crippen LogP contribution in [0, 0.1) is 5.41 Å². The van der Waals surface area contributed by atoms with Crippen LogP contribution in [0.2, 0.25) is 0 Å². The molecule has 0 aliphatic carbocycles. The fraction of sp³-hybridized carbons (Fsp3) is 0.833. The molecule has 0 fully saturated rings. The largest absolute Gasteiger partial charge is 0.480 e. The maximum Gasteiger partial charge on any atom is 0.321 e. The van der Waals surface area contributed by atoms with Crippen molar-refractivity contribution in [2.75, 3.05) is 13.7 Å². The maximum absolute atomic E-state index is 11.4. The highest BCUT2D eigenvalue weighted by Gasteiger charge is 2.33. The Hall–Kier alpha value is -0.910. The quantitative estimate of drug-likeness (QED) is 0.325. The van der Waals surface area contributed by atoms with Gasteiger partial charge in [-0.2, -0.15) is 0 Å². The van der Waals surface area contributed by atoms with Gasteiger partial charge in [-0.25, -0.2) is 0 Å². The van der Waals surface area contributed by atoms with E-state index >= 15 is 0 Å². The zero-order valence-corrected chi connectivity index (χ0v) is 15.6. The number of nitrogens with one attached hydrogen (secondary N) is 1. The molecule has 0 saturated carbocycles. The van der Waals surface area contributed by atoms with Gasteiger partial charge in [0.2, 0.25) is 0 Å². The molecule has 2 unspecified atom stereocenters. The average Bonchev–Trinajstić information content (AvgIpc) is 2.42. The smallest absolute Gasteiger partial charge is 0.321 e. The van der Waals surface area contributed by atoms with Crippen LogP contribution < -0.4 is 5.32 Å². The molecule has 5 nitrogen and oxygen atoms in total. The Labute approximate surface area is 141 Å². The second-order valence-electron chi connectivity index (χ2n) is 7.63. The first-order valence-corrected chi connectivity index (χ1v) is 8.30. The lowest BCUT2D eigenvalue weighted by Crippen LogP contribution is -2.53. The number of carboxylic acids is 1. The third kappa shape index (κ3) is 9.74. The summed E-state index contributed by atoms with van der Waals surface area (Å²) in [5, 5.41) is 12.4. The molecule has 0 bridgehead atoms. The molecule has 0 aliphatic rings. The first-order valence-electron chi connectivity index (χ1n) is 8.30. The molecule has 0 saturated heterocycles. The molecule has 0 aromatic carbocycles. The molecule has 23 heavy (non-hydrogen) atoms. The lowest BCUT2D eigenvalue weighted by atomic mass is 9.86. The molecule has 0 rings (SSSR count). The zero-order chi connectivity index (χ0) is 18.1. The lowest BCUT2D eigenvalue weighted by molar-refractivity contribution is -0.146. The Morgan fingerprint density at radius 1 is 1.26 bits per heavy atom. The summed E-state index contributed by atoms with van der Waals surface area (Å²) in [5.74, 6) is -0.886. The number of carboxylic acid groups (broad SMARTS) is 1. The van der Waals surface area contributed by atoms with Crippen LogP contribution in [0.3, 0.4) is 0 Å². The number of hydrogen-bond donors (Lipinski definition) is 2. The topological polar surface area (TPSA) is 67.8 Å². The normalized spacial score (nSPS) is 15.2. The first-order chi connectivity index (χ1) is 10.5. The van der Waals surface area contributed by atoms with Gasteiger partial charge in [0.15, 0.2) is 0 Å². The van der Waals surface area contributed by atoms with Gasteiger partial charge in [-0.05, 0) is 38.5 Å². The average molecular weight is 329 g/mol. The summed E-state index contributed by atoms with van der Waals surface area (Å²) in [7, 11) is 1.56. The fourth-order valence-electron chi connectivity index (χ4n) is 2.27. The van der Waals surface area contributed by atoms with Crippen LogP contribution in [-0.2, 0) is 14.3 Å². The van der Waals surface area contributed by atoms with Crippen molar-refractivity contribution in [3.63, 3.8) is 0 Å². The molecule has 0 aliphatic heterocycles. The van der Waals surface area contributed by atoms with E-state index in [-0.39, 0.29) is 5.60 Å². The monoisotopic (exact) mass is 329 g/mol. The summed E-state index contributed by atoms with van der Waals surface area (Å²) in [6.07, 6.45) is 5.61. The SMILES string of the molecule is C=CCCCCC(C)(C)OCC(NC(C(=O)O)C(C)(C)C)OC. The van der Waals surface area contributed by atoms with Gasteiger partial charge in [0.25, 0.3) is 0 Å². The van der Waals surface area contributed by atoms with E-state index in [1.54, 1.807) is 7.11 Å². The summed E-state index contributed by atoms with van der Waals surface area (Å²) < 4.78 is 11.3. The Morgan fingerprint density at radius 2 is 1.87 bits per heavy atom. The van der Waals surface area contributed by atoms with Crippen LogP contribution in [0.25, 0.3) is 0 Å². The summed E-state index contributed by atoms with van der Waals surface area (Å²) in [6, 6.07) is -0.702. The maximum atomic E-state index is 11.4. The Balaban J connectivity index is 4.47. The number of ether oxygens (including phenoxy) is 2. The van der Waals surface area contributed by atoms with Crippen molar-refractivity contribution in [2.24, 2.45) is 5.41 Å². The van der Waals surface area contributed by atoms with Gasteiger partial charge >= 0.3 is 5.97 Å². The number of methoxy groups -OCH3 is 1. The molecule has 2 atom stereocenters. The van der Waals surface area contributed by atoms with Crippen LogP contribution in [0.4, 0.5) is 0 Å². The van der Waals surface area contributed by atoms with Crippen molar-refractivity contribution < 1.29 is 19.4 Å². The van der Waals surface area contributed by atoms with Gasteiger partial charge in [0.05, 0.1) is 12.2 Å². The summed E-state index contributed by atoms with van der Waals surface area (Å²) in [6.45, 7) is 13.8. The van der Waals surface area contributed by atoms with Gasteiger partial charge in [-0.1, -0.05) is 33.3 Å². The molecule has 5 heteroatoms. The third-order valence-electron chi connectivity index (χ3n) is 3.81. The van der Waals surface area contributed by atoms with E-state index in [4.69, 9.17) is 9.47 Å². The number of aliphatic carboxylic acids is 1. The zero-order valence-electron chi connectivity index (χ0n) is 15.6. The van der Waals surface area contributed by atoms with Crippen LogP contribution in [0.1, 0.15) is 60.3 Å². The van der Waals surface area contributed by atoms with E-state index in [2.05, 4.69) is 11.9 Å². The minimum atomic E-state index is -0.886. The van der Waals surface area contributed by atoms with Crippen LogP contribution >= 0.6 is 0 Å². The van der Waals surface area contributed by atoms with Gasteiger partial charge in [-0.3, -0.25) is 10.1 Å². The second kappa shape index (κ2) is 10.1. The van der Waals surface area contributed by atoms with E-state index in [0.717, 1.165) is 25.7 Å². The number of hydrogen-bond acceptors (Lipinski definition) is 4. The Kier molecular flexibility index (Phi) is 9.66. The molecule has 0 amide bonds. The molecule has 0 aromatic rings. The highest BCUT2D eigenvalue weighted by Crippen LogP contribution is 2.22. The highest BCUT2D eigenvalue weighted by atomic mass is 16.5. The van der Waals surface area contributed by atoms with Crippen LogP contribution in [0.5, 0.6) is 0 Å². The van der Waals surface area contributed by atoms with Gasteiger partial charge < -0.3 is 14.6 Å². The van der Waals surface area contributed by atoms with Crippen molar-refractivity contribution in [3.05, 3.63) is 12.7 Å². The van der Waals surface area contributed by atoms with E-state index in [1.807, 2.05) is 40.7 Å². The summed E-state index contributed by atoms with van der Waals surface area (Å²) >= 11 is 0. The Morgan fingerprint density at radius 3 is 2.30 bits per heavy atom. The van der Waals surface area contributed by atoms with Gasteiger partial charge in [0, 0.05) is 7.11 Å². The second-order valence-corrected chi connectivity index (χ2v) is 7.63.